The molecule has 4 aromatic rings. The van der Waals surface area contributed by atoms with Crippen LogP contribution in [0.15, 0.2) is 73.1 Å². The maximum Gasteiger partial charge on any atom is 0.270 e. The van der Waals surface area contributed by atoms with Crippen LogP contribution in [-0.2, 0) is 0 Å². The Kier molecular flexibility index (Phi) is 5.80. The van der Waals surface area contributed by atoms with Gasteiger partial charge in [-0.15, -0.1) is 10.2 Å². The lowest BCUT2D eigenvalue weighted by Crippen LogP contribution is -2.44. The average molecular weight is 441 g/mol. The fraction of sp³-hybridized carbons (Fsp3) is 0.240. The lowest BCUT2D eigenvalue weighted by molar-refractivity contribution is 0.0902. The Bertz CT molecular complexity index is 1220. The van der Waals surface area contributed by atoms with Gasteiger partial charge in [0.2, 0.25) is 0 Å². The highest BCUT2D eigenvalue weighted by Crippen LogP contribution is 2.38. The molecular weight excluding hydrogens is 416 g/mol. The lowest BCUT2D eigenvalue weighted by Gasteiger charge is -2.35. The third-order valence-electron chi connectivity index (χ3n) is 5.71. The number of benzene rings is 1. The molecule has 1 fully saturated rings. The van der Waals surface area contributed by atoms with E-state index >= 15 is 0 Å². The van der Waals surface area contributed by atoms with Crippen molar-refractivity contribution in [2.24, 2.45) is 0 Å². The molecule has 0 unspecified atom stereocenters. The van der Waals surface area contributed by atoms with Gasteiger partial charge in [0.1, 0.15) is 23.0 Å². The Labute approximate surface area is 191 Å². The molecular formula is C25H24N6O2. The van der Waals surface area contributed by atoms with Crippen LogP contribution in [0, 0.1) is 0 Å². The second-order valence-electron chi connectivity index (χ2n) is 7.92. The molecule has 1 N–H and O–H groups in total. The first-order valence-corrected chi connectivity index (χ1v) is 11.0. The predicted molar refractivity (Wildman–Crippen MR) is 123 cm³/mol. The first-order chi connectivity index (χ1) is 16.2. The zero-order valence-electron chi connectivity index (χ0n) is 18.3. The SMILES string of the molecule is CCOc1ccc(-c2nnc([C@H]3C[C@H](NC(=O)c4ccccn4)C3)n2-c2ccccc2)nc1. The number of pyridine rings is 2. The monoisotopic (exact) mass is 440 g/mol. The van der Waals surface area contributed by atoms with Crippen LogP contribution < -0.4 is 10.1 Å². The maximum absolute atomic E-state index is 12.4. The fourth-order valence-corrected chi connectivity index (χ4v) is 4.03. The highest BCUT2D eigenvalue weighted by atomic mass is 16.5. The number of rotatable bonds is 7. The normalized spacial score (nSPS) is 17.2. The zero-order valence-corrected chi connectivity index (χ0v) is 18.3. The van der Waals surface area contributed by atoms with Crippen molar-refractivity contribution in [2.45, 2.75) is 31.7 Å². The molecule has 1 saturated carbocycles. The molecule has 0 radical (unpaired) electrons. The number of carbonyl (C=O) groups excluding carboxylic acids is 1. The second-order valence-corrected chi connectivity index (χ2v) is 7.92. The van der Waals surface area contributed by atoms with Crippen molar-refractivity contribution in [2.75, 3.05) is 6.61 Å². The highest BCUT2D eigenvalue weighted by Gasteiger charge is 2.36. The number of hydrogen-bond acceptors (Lipinski definition) is 6. The van der Waals surface area contributed by atoms with Crippen LogP contribution in [0.3, 0.4) is 0 Å². The fourth-order valence-electron chi connectivity index (χ4n) is 4.03. The van der Waals surface area contributed by atoms with Crippen LogP contribution >= 0.6 is 0 Å². The van der Waals surface area contributed by atoms with Crippen molar-refractivity contribution in [1.29, 1.82) is 0 Å². The van der Waals surface area contributed by atoms with Crippen LogP contribution in [0.25, 0.3) is 17.2 Å². The Hall–Kier alpha value is -4.07. The third kappa shape index (κ3) is 4.32. The summed E-state index contributed by atoms with van der Waals surface area (Å²) >= 11 is 0. The number of nitrogens with zero attached hydrogens (tertiary/aromatic N) is 5. The van der Waals surface area contributed by atoms with E-state index in [9.17, 15) is 4.79 Å². The van der Waals surface area contributed by atoms with E-state index in [1.807, 2.05) is 55.5 Å². The largest absolute Gasteiger partial charge is 0.492 e. The molecule has 1 amide bonds. The molecule has 3 aromatic heterocycles. The van der Waals surface area contributed by atoms with Crippen LogP contribution in [0.4, 0.5) is 0 Å². The van der Waals surface area contributed by atoms with Gasteiger partial charge >= 0.3 is 0 Å². The summed E-state index contributed by atoms with van der Waals surface area (Å²) in [4.78, 5) is 21.1. The quantitative estimate of drug-likeness (QED) is 0.470. The molecule has 0 aliphatic heterocycles. The number of para-hydroxylation sites is 1. The second kappa shape index (κ2) is 9.20. The van der Waals surface area contributed by atoms with Gasteiger partial charge in [-0.2, -0.15) is 0 Å². The number of aromatic nitrogens is 5. The van der Waals surface area contributed by atoms with Gasteiger partial charge in [0.25, 0.3) is 5.91 Å². The van der Waals surface area contributed by atoms with Gasteiger partial charge in [0, 0.05) is 23.8 Å². The number of hydrogen-bond donors (Lipinski definition) is 1. The number of amides is 1. The van der Waals surface area contributed by atoms with Crippen LogP contribution in [0.5, 0.6) is 5.75 Å². The molecule has 1 aromatic carbocycles. The number of carbonyl (C=O) groups is 1. The molecule has 8 nitrogen and oxygen atoms in total. The molecule has 0 saturated heterocycles. The Morgan fingerprint density at radius 1 is 1.03 bits per heavy atom. The van der Waals surface area contributed by atoms with Gasteiger partial charge in [-0.1, -0.05) is 24.3 Å². The van der Waals surface area contributed by atoms with Gasteiger partial charge in [0.05, 0.1) is 12.8 Å². The van der Waals surface area contributed by atoms with E-state index < -0.39 is 0 Å². The first kappa shape index (κ1) is 20.8. The van der Waals surface area contributed by atoms with Crippen molar-refractivity contribution < 1.29 is 9.53 Å². The zero-order chi connectivity index (χ0) is 22.6. The minimum atomic E-state index is -0.150. The van der Waals surface area contributed by atoms with Crippen molar-refractivity contribution in [3.63, 3.8) is 0 Å². The minimum Gasteiger partial charge on any atom is -0.492 e. The average Bonchev–Trinajstić information content (AvgIpc) is 3.27. The van der Waals surface area contributed by atoms with E-state index in [4.69, 9.17) is 4.74 Å². The molecule has 0 spiro atoms. The maximum atomic E-state index is 12.4. The summed E-state index contributed by atoms with van der Waals surface area (Å²) in [5, 5.41) is 12.1. The highest BCUT2D eigenvalue weighted by molar-refractivity contribution is 5.92. The number of nitrogens with one attached hydrogen (secondary N) is 1. The minimum absolute atomic E-state index is 0.0810. The number of ether oxygens (including phenoxy) is 1. The first-order valence-electron chi connectivity index (χ1n) is 11.0. The molecule has 5 rings (SSSR count). The van der Waals surface area contributed by atoms with E-state index in [0.717, 1.165) is 35.8 Å². The van der Waals surface area contributed by atoms with Gasteiger partial charge in [0.15, 0.2) is 5.82 Å². The predicted octanol–water partition coefficient (Wildman–Crippen LogP) is 3.80. The van der Waals surface area contributed by atoms with E-state index in [1.54, 1.807) is 24.5 Å². The van der Waals surface area contributed by atoms with Gasteiger partial charge in [-0.05, 0) is 56.2 Å². The molecule has 0 bridgehead atoms. The molecule has 33 heavy (non-hydrogen) atoms. The summed E-state index contributed by atoms with van der Waals surface area (Å²) in [5.74, 6) is 2.30. The van der Waals surface area contributed by atoms with Crippen molar-refractivity contribution in [3.05, 3.63) is 84.6 Å². The lowest BCUT2D eigenvalue weighted by atomic mass is 9.79. The summed E-state index contributed by atoms with van der Waals surface area (Å²) < 4.78 is 7.57. The van der Waals surface area contributed by atoms with Crippen molar-refractivity contribution in [1.82, 2.24) is 30.0 Å². The Balaban J connectivity index is 1.38. The summed E-state index contributed by atoms with van der Waals surface area (Å²) in [7, 11) is 0. The third-order valence-corrected chi connectivity index (χ3v) is 5.71. The molecule has 0 atom stereocenters. The van der Waals surface area contributed by atoms with Crippen LogP contribution in [-0.4, -0.2) is 43.3 Å². The molecule has 1 aliphatic carbocycles. The summed E-state index contributed by atoms with van der Waals surface area (Å²) in [6.07, 6.45) is 4.91. The van der Waals surface area contributed by atoms with Gasteiger partial charge in [-0.3, -0.25) is 14.3 Å². The Morgan fingerprint density at radius 3 is 2.55 bits per heavy atom. The smallest absolute Gasteiger partial charge is 0.270 e. The van der Waals surface area contributed by atoms with E-state index in [0.29, 0.717) is 18.1 Å². The van der Waals surface area contributed by atoms with Crippen molar-refractivity contribution >= 4 is 5.91 Å². The topological polar surface area (TPSA) is 94.8 Å². The Morgan fingerprint density at radius 2 is 1.85 bits per heavy atom. The summed E-state index contributed by atoms with van der Waals surface area (Å²) in [6, 6.07) is 19.2. The summed E-state index contributed by atoms with van der Waals surface area (Å²) in [6.45, 7) is 2.53. The van der Waals surface area contributed by atoms with Crippen LogP contribution in [0.2, 0.25) is 0 Å². The van der Waals surface area contributed by atoms with E-state index in [1.165, 1.54) is 0 Å². The van der Waals surface area contributed by atoms with Crippen molar-refractivity contribution in [3.8, 4) is 23.0 Å². The molecule has 166 valence electrons. The standard InChI is InChI=1S/C25H24N6O2/c1-2-33-20-11-12-21(27-16-20)24-30-29-23(31(24)19-8-4-3-5-9-19)17-14-18(15-17)28-25(32)22-10-6-7-13-26-22/h3-13,16-18H,2,14-15H2,1H3,(H,28,32)/t17-,18-. The molecule has 1 aliphatic rings. The van der Waals surface area contributed by atoms with Gasteiger partial charge < -0.3 is 10.1 Å². The van der Waals surface area contributed by atoms with E-state index in [-0.39, 0.29) is 17.9 Å². The van der Waals surface area contributed by atoms with Crippen LogP contribution in [0.1, 0.15) is 42.0 Å². The van der Waals surface area contributed by atoms with E-state index in [2.05, 4.69) is 30.0 Å². The summed E-state index contributed by atoms with van der Waals surface area (Å²) in [5.41, 5.74) is 2.13. The molecule has 8 heteroatoms. The molecule has 3 heterocycles. The van der Waals surface area contributed by atoms with Gasteiger partial charge in [-0.25, -0.2) is 4.98 Å².